The zero-order valence-corrected chi connectivity index (χ0v) is 13.1. The molecule has 0 amide bonds. The minimum atomic E-state index is 0.321. The highest BCUT2D eigenvalue weighted by atomic mass is 35.5. The molecular weight excluding hydrogens is 296 g/mol. The average molecular weight is 311 g/mol. The minimum Gasteiger partial charge on any atom is -0.333 e. The topological polar surface area (TPSA) is 38.9 Å². The van der Waals surface area contributed by atoms with Crippen LogP contribution in [0.1, 0.15) is 22.6 Å². The Balaban J connectivity index is 1.92. The van der Waals surface area contributed by atoms with E-state index in [0.29, 0.717) is 16.7 Å². The van der Waals surface area contributed by atoms with Crippen LogP contribution >= 0.6 is 11.6 Å². The van der Waals surface area contributed by atoms with Crippen molar-refractivity contribution < 1.29 is 4.52 Å². The highest BCUT2D eigenvalue weighted by Crippen LogP contribution is 2.25. The molecule has 2 aromatic carbocycles. The Hall–Kier alpha value is -2.39. The molecule has 22 heavy (non-hydrogen) atoms. The zero-order chi connectivity index (χ0) is 15.5. The van der Waals surface area contributed by atoms with Crippen molar-refractivity contribution in [2.75, 3.05) is 0 Å². The largest absolute Gasteiger partial charge is 0.333 e. The second-order valence-corrected chi connectivity index (χ2v) is 5.55. The predicted molar refractivity (Wildman–Crippen MR) is 89.4 cm³/mol. The van der Waals surface area contributed by atoms with E-state index in [1.165, 1.54) is 5.56 Å². The summed E-state index contributed by atoms with van der Waals surface area (Å²) in [5.74, 6) is 0.866. The van der Waals surface area contributed by atoms with Gasteiger partial charge in [-0.1, -0.05) is 70.9 Å². The first-order valence-electron chi connectivity index (χ1n) is 6.97. The third-order valence-corrected chi connectivity index (χ3v) is 3.62. The van der Waals surface area contributed by atoms with E-state index in [2.05, 4.69) is 10.1 Å². The van der Waals surface area contributed by atoms with Gasteiger partial charge in [-0.2, -0.15) is 4.98 Å². The Bertz CT molecular complexity index is 836. The molecule has 0 bridgehead atoms. The van der Waals surface area contributed by atoms with Crippen molar-refractivity contribution in [3.05, 3.63) is 71.1 Å². The van der Waals surface area contributed by atoms with Gasteiger partial charge in [-0.15, -0.1) is 0 Å². The van der Waals surface area contributed by atoms with Gasteiger partial charge in [0, 0.05) is 5.56 Å². The summed E-state index contributed by atoms with van der Waals surface area (Å²) < 4.78 is 5.28. The van der Waals surface area contributed by atoms with E-state index in [1.54, 1.807) is 0 Å². The van der Waals surface area contributed by atoms with E-state index in [4.69, 9.17) is 16.1 Å². The first kappa shape index (κ1) is 14.5. The molecule has 0 aliphatic rings. The number of aromatic nitrogens is 2. The highest BCUT2D eigenvalue weighted by molar-refractivity contribution is 6.50. The summed E-state index contributed by atoms with van der Waals surface area (Å²) in [5, 5.41) is 4.44. The Labute approximate surface area is 134 Å². The molecule has 0 saturated carbocycles. The molecule has 0 saturated heterocycles. The van der Waals surface area contributed by atoms with E-state index in [1.807, 2.05) is 68.5 Å². The van der Waals surface area contributed by atoms with Gasteiger partial charge in [0.25, 0.3) is 5.89 Å². The molecule has 0 unspecified atom stereocenters. The van der Waals surface area contributed by atoms with Gasteiger partial charge in [0.05, 0.1) is 0 Å². The summed E-state index contributed by atoms with van der Waals surface area (Å²) >= 11 is 6.30. The van der Waals surface area contributed by atoms with Gasteiger partial charge < -0.3 is 4.52 Å². The van der Waals surface area contributed by atoms with Crippen molar-refractivity contribution >= 4 is 22.7 Å². The SMILES string of the molecule is Cc1cccc(/C=C(\Cl)c2nc(-c3ccccc3C)no2)c1. The molecule has 0 fully saturated rings. The van der Waals surface area contributed by atoms with Gasteiger partial charge in [0.2, 0.25) is 5.82 Å². The molecule has 3 aromatic rings. The molecule has 0 aliphatic carbocycles. The molecule has 0 spiro atoms. The van der Waals surface area contributed by atoms with Crippen LogP contribution in [0.4, 0.5) is 0 Å². The number of hydrogen-bond acceptors (Lipinski definition) is 3. The lowest BCUT2D eigenvalue weighted by molar-refractivity contribution is 0.410. The Morgan fingerprint density at radius 1 is 1.09 bits per heavy atom. The second kappa shape index (κ2) is 6.16. The maximum Gasteiger partial charge on any atom is 0.269 e. The first-order chi connectivity index (χ1) is 10.6. The van der Waals surface area contributed by atoms with Crippen molar-refractivity contribution in [2.24, 2.45) is 0 Å². The Kier molecular flexibility index (Phi) is 4.07. The lowest BCUT2D eigenvalue weighted by Gasteiger charge is -1.98. The number of rotatable bonds is 3. The van der Waals surface area contributed by atoms with Crippen molar-refractivity contribution in [2.45, 2.75) is 13.8 Å². The maximum atomic E-state index is 6.30. The smallest absolute Gasteiger partial charge is 0.269 e. The van der Waals surface area contributed by atoms with Gasteiger partial charge in [-0.3, -0.25) is 0 Å². The van der Waals surface area contributed by atoms with Gasteiger partial charge in [0.15, 0.2) is 0 Å². The predicted octanol–water partition coefficient (Wildman–Crippen LogP) is 5.09. The van der Waals surface area contributed by atoms with Crippen molar-refractivity contribution in [3.63, 3.8) is 0 Å². The lowest BCUT2D eigenvalue weighted by Crippen LogP contribution is -1.85. The standard InChI is InChI=1S/C18H15ClN2O/c1-12-6-5-8-14(10-12)11-16(19)18-20-17(21-22-18)15-9-4-3-7-13(15)2/h3-11H,1-2H3/b16-11-. The van der Waals surface area contributed by atoms with Crippen LogP contribution in [0.3, 0.4) is 0 Å². The fourth-order valence-corrected chi connectivity index (χ4v) is 2.42. The number of aryl methyl sites for hydroxylation is 2. The van der Waals surface area contributed by atoms with Crippen LogP contribution in [0.15, 0.2) is 53.1 Å². The third kappa shape index (κ3) is 3.10. The molecule has 0 aliphatic heterocycles. The summed E-state index contributed by atoms with van der Waals surface area (Å²) in [7, 11) is 0. The van der Waals surface area contributed by atoms with Crippen LogP contribution in [0.25, 0.3) is 22.5 Å². The van der Waals surface area contributed by atoms with Crippen molar-refractivity contribution in [1.29, 1.82) is 0 Å². The fourth-order valence-electron chi connectivity index (χ4n) is 2.22. The summed E-state index contributed by atoms with van der Waals surface area (Å²) in [5.41, 5.74) is 4.20. The molecule has 1 heterocycles. The fraction of sp³-hybridized carbons (Fsp3) is 0.111. The molecular formula is C18H15ClN2O. The number of benzene rings is 2. The monoisotopic (exact) mass is 310 g/mol. The zero-order valence-electron chi connectivity index (χ0n) is 12.4. The molecule has 110 valence electrons. The molecule has 3 rings (SSSR count). The molecule has 0 atom stereocenters. The minimum absolute atomic E-state index is 0.321. The van der Waals surface area contributed by atoms with E-state index in [0.717, 1.165) is 16.7 Å². The Morgan fingerprint density at radius 2 is 1.91 bits per heavy atom. The van der Waals surface area contributed by atoms with E-state index in [-0.39, 0.29) is 0 Å². The normalized spacial score (nSPS) is 11.7. The van der Waals surface area contributed by atoms with Crippen LogP contribution in [-0.4, -0.2) is 10.1 Å². The van der Waals surface area contributed by atoms with Crippen molar-refractivity contribution in [1.82, 2.24) is 10.1 Å². The van der Waals surface area contributed by atoms with Crippen LogP contribution in [0, 0.1) is 13.8 Å². The molecule has 0 N–H and O–H groups in total. The van der Waals surface area contributed by atoms with Crippen LogP contribution < -0.4 is 0 Å². The van der Waals surface area contributed by atoms with Gasteiger partial charge >= 0.3 is 0 Å². The Morgan fingerprint density at radius 3 is 2.68 bits per heavy atom. The summed E-state index contributed by atoms with van der Waals surface area (Å²) in [6.45, 7) is 4.05. The summed E-state index contributed by atoms with van der Waals surface area (Å²) in [4.78, 5) is 4.38. The third-order valence-electron chi connectivity index (χ3n) is 3.35. The van der Waals surface area contributed by atoms with Gasteiger partial charge in [-0.25, -0.2) is 0 Å². The van der Waals surface area contributed by atoms with Gasteiger partial charge in [-0.05, 0) is 31.1 Å². The number of nitrogens with zero attached hydrogens (tertiary/aromatic N) is 2. The van der Waals surface area contributed by atoms with Gasteiger partial charge in [0.1, 0.15) is 5.03 Å². The number of hydrogen-bond donors (Lipinski definition) is 0. The second-order valence-electron chi connectivity index (χ2n) is 5.14. The first-order valence-corrected chi connectivity index (χ1v) is 7.35. The van der Waals surface area contributed by atoms with Crippen LogP contribution in [-0.2, 0) is 0 Å². The molecule has 0 radical (unpaired) electrons. The average Bonchev–Trinajstić information content (AvgIpc) is 2.97. The van der Waals surface area contributed by atoms with Crippen LogP contribution in [0.5, 0.6) is 0 Å². The van der Waals surface area contributed by atoms with Crippen molar-refractivity contribution in [3.8, 4) is 11.4 Å². The molecule has 1 aromatic heterocycles. The summed E-state index contributed by atoms with van der Waals surface area (Å²) in [6, 6.07) is 15.9. The van der Waals surface area contributed by atoms with E-state index in [9.17, 15) is 0 Å². The van der Waals surface area contributed by atoms with Crippen LogP contribution in [0.2, 0.25) is 0 Å². The summed E-state index contributed by atoms with van der Waals surface area (Å²) in [6.07, 6.45) is 1.82. The van der Waals surface area contributed by atoms with E-state index < -0.39 is 0 Å². The number of halogens is 1. The maximum absolute atomic E-state index is 6.30. The van der Waals surface area contributed by atoms with E-state index >= 15 is 0 Å². The highest BCUT2D eigenvalue weighted by Gasteiger charge is 2.12. The molecule has 3 nitrogen and oxygen atoms in total. The quantitative estimate of drug-likeness (QED) is 0.676. The lowest BCUT2D eigenvalue weighted by atomic mass is 10.1. The molecule has 4 heteroatoms.